The summed E-state index contributed by atoms with van der Waals surface area (Å²) in [6, 6.07) is 8.47. The highest BCUT2D eigenvalue weighted by Crippen LogP contribution is 2.36. The van der Waals surface area contributed by atoms with E-state index in [1.54, 1.807) is 0 Å². The lowest BCUT2D eigenvalue weighted by Gasteiger charge is -2.11. The molecular weight excluding hydrogens is 422 g/mol. The highest BCUT2D eigenvalue weighted by molar-refractivity contribution is 7.99. The lowest BCUT2D eigenvalue weighted by Crippen LogP contribution is -2.15. The molecule has 0 aliphatic carbocycles. The molecule has 0 atom stereocenters. The van der Waals surface area contributed by atoms with E-state index < -0.39 is 28.5 Å². The fraction of sp³-hybridized carbons (Fsp3) is 0.125. The van der Waals surface area contributed by atoms with Gasteiger partial charge in [-0.15, -0.1) is 5.10 Å². The number of thioether (sulfide) groups is 1. The zero-order valence-corrected chi connectivity index (χ0v) is 15.3. The average Bonchev–Trinajstić information content (AvgIpc) is 3.10. The number of hydrogen-bond donors (Lipinski definition) is 1. The van der Waals surface area contributed by atoms with Crippen LogP contribution >= 0.6 is 23.4 Å². The number of anilines is 1. The van der Waals surface area contributed by atoms with Gasteiger partial charge in [-0.25, -0.2) is 4.39 Å². The summed E-state index contributed by atoms with van der Waals surface area (Å²) < 4.78 is 53.0. The van der Waals surface area contributed by atoms with Gasteiger partial charge in [0.2, 0.25) is 11.1 Å². The molecule has 0 spiro atoms. The molecule has 0 bridgehead atoms. The second-order valence-electron chi connectivity index (χ2n) is 5.38. The maximum Gasteiger partial charge on any atom is 0.417 e. The molecule has 0 saturated carbocycles. The predicted octanol–water partition coefficient (Wildman–Crippen LogP) is 4.20. The van der Waals surface area contributed by atoms with Crippen molar-refractivity contribution in [1.29, 1.82) is 0 Å². The highest BCUT2D eigenvalue weighted by Gasteiger charge is 2.33. The maximum absolute atomic E-state index is 13.0. The molecule has 2 aromatic carbocycles. The number of amides is 1. The van der Waals surface area contributed by atoms with E-state index in [4.69, 9.17) is 11.6 Å². The summed E-state index contributed by atoms with van der Waals surface area (Å²) in [7, 11) is 0. The van der Waals surface area contributed by atoms with Gasteiger partial charge in [-0.3, -0.25) is 4.79 Å². The van der Waals surface area contributed by atoms with Gasteiger partial charge in [0.1, 0.15) is 5.82 Å². The minimum atomic E-state index is -4.64. The zero-order valence-electron chi connectivity index (χ0n) is 13.7. The van der Waals surface area contributed by atoms with Crippen LogP contribution in [0.25, 0.3) is 5.69 Å². The van der Waals surface area contributed by atoms with Crippen LogP contribution in [0.1, 0.15) is 5.56 Å². The van der Waals surface area contributed by atoms with Gasteiger partial charge in [-0.05, 0) is 52.9 Å². The topological polar surface area (TPSA) is 72.7 Å². The lowest BCUT2D eigenvalue weighted by molar-refractivity contribution is -0.137. The number of rotatable bonds is 5. The minimum Gasteiger partial charge on any atom is -0.325 e. The third kappa shape index (κ3) is 4.78. The molecule has 1 amide bonds. The molecule has 1 heterocycles. The van der Waals surface area contributed by atoms with E-state index >= 15 is 0 Å². The van der Waals surface area contributed by atoms with Crippen molar-refractivity contribution in [2.75, 3.05) is 11.1 Å². The summed E-state index contributed by atoms with van der Waals surface area (Å²) >= 11 is 6.51. The van der Waals surface area contributed by atoms with Crippen LogP contribution in [0.4, 0.5) is 23.2 Å². The van der Waals surface area contributed by atoms with Gasteiger partial charge in [0.25, 0.3) is 0 Å². The molecule has 0 saturated heterocycles. The van der Waals surface area contributed by atoms with Crippen LogP contribution in [0.3, 0.4) is 0 Å². The predicted molar refractivity (Wildman–Crippen MR) is 94.9 cm³/mol. The number of tetrazole rings is 1. The molecule has 1 aromatic heterocycles. The average molecular weight is 432 g/mol. The first-order chi connectivity index (χ1) is 13.2. The Bertz CT molecular complexity index is 993. The Balaban J connectivity index is 1.66. The molecule has 0 aliphatic rings. The van der Waals surface area contributed by atoms with Gasteiger partial charge in [0.15, 0.2) is 0 Å². The second-order valence-corrected chi connectivity index (χ2v) is 6.73. The first kappa shape index (κ1) is 20.1. The summed E-state index contributed by atoms with van der Waals surface area (Å²) in [5, 5.41) is 13.2. The number of carbonyl (C=O) groups is 1. The monoisotopic (exact) mass is 431 g/mol. The maximum atomic E-state index is 13.0. The molecule has 28 heavy (non-hydrogen) atoms. The number of aromatic nitrogens is 4. The standard InChI is InChI=1S/C16H10ClF4N5OS/c17-13-6-3-10(7-12(13)16(19,20)21)22-14(27)8-28-15-23-24-25-26(15)11-4-1-9(18)2-5-11/h1-7H,8H2,(H,22,27). The number of carbonyl (C=O) groups excluding carboxylic acids is 1. The van der Waals surface area contributed by atoms with Gasteiger partial charge in [-0.1, -0.05) is 23.4 Å². The van der Waals surface area contributed by atoms with Crippen LogP contribution < -0.4 is 5.32 Å². The van der Waals surface area contributed by atoms with E-state index in [9.17, 15) is 22.4 Å². The number of nitrogens with zero attached hydrogens (tertiary/aromatic N) is 4. The normalized spacial score (nSPS) is 11.5. The van der Waals surface area contributed by atoms with Gasteiger partial charge in [-0.2, -0.15) is 17.9 Å². The van der Waals surface area contributed by atoms with Crippen molar-refractivity contribution in [2.24, 2.45) is 0 Å². The largest absolute Gasteiger partial charge is 0.417 e. The summed E-state index contributed by atoms with van der Waals surface area (Å²) in [6.07, 6.45) is -4.64. The molecule has 3 rings (SSSR count). The molecule has 0 aliphatic heterocycles. The molecule has 12 heteroatoms. The van der Waals surface area contributed by atoms with Crippen LogP contribution in [0, 0.1) is 5.82 Å². The van der Waals surface area contributed by atoms with Crippen molar-refractivity contribution >= 4 is 35.0 Å². The number of halogens is 5. The zero-order chi connectivity index (χ0) is 20.3. The third-order valence-corrected chi connectivity index (χ3v) is 4.65. The van der Waals surface area contributed by atoms with Crippen molar-refractivity contribution in [1.82, 2.24) is 20.2 Å². The molecule has 3 aromatic rings. The minimum absolute atomic E-state index is 0.0412. The Morgan fingerprint density at radius 2 is 1.89 bits per heavy atom. The molecule has 0 radical (unpaired) electrons. The van der Waals surface area contributed by atoms with Crippen LogP contribution in [-0.2, 0) is 11.0 Å². The van der Waals surface area contributed by atoms with Crippen LogP contribution in [0.2, 0.25) is 5.02 Å². The van der Waals surface area contributed by atoms with E-state index in [0.29, 0.717) is 5.69 Å². The number of benzene rings is 2. The van der Waals surface area contributed by atoms with E-state index in [2.05, 4.69) is 20.8 Å². The Labute approximate surface area is 164 Å². The second kappa shape index (κ2) is 8.15. The fourth-order valence-corrected chi connectivity index (χ4v) is 3.08. The quantitative estimate of drug-likeness (QED) is 0.484. The number of alkyl halides is 3. The SMILES string of the molecule is O=C(CSc1nnnn1-c1ccc(F)cc1)Nc1ccc(Cl)c(C(F)(F)F)c1. The van der Waals surface area contributed by atoms with Crippen LogP contribution in [0.15, 0.2) is 47.6 Å². The Kier molecular flexibility index (Phi) is 5.84. The summed E-state index contributed by atoms with van der Waals surface area (Å²) in [5.74, 6) is -1.15. The molecule has 146 valence electrons. The van der Waals surface area contributed by atoms with Crippen molar-refractivity contribution in [3.63, 3.8) is 0 Å². The van der Waals surface area contributed by atoms with Crippen LogP contribution in [0.5, 0.6) is 0 Å². The Morgan fingerprint density at radius 1 is 1.18 bits per heavy atom. The molecular formula is C16H10ClF4N5OS. The fourth-order valence-electron chi connectivity index (χ4n) is 2.16. The number of hydrogen-bond acceptors (Lipinski definition) is 5. The Hall–Kier alpha value is -2.66. The lowest BCUT2D eigenvalue weighted by atomic mass is 10.2. The smallest absolute Gasteiger partial charge is 0.325 e. The van der Waals surface area contributed by atoms with Crippen molar-refractivity contribution < 1.29 is 22.4 Å². The molecule has 0 unspecified atom stereocenters. The van der Waals surface area contributed by atoms with E-state index in [0.717, 1.165) is 23.9 Å². The van der Waals surface area contributed by atoms with Crippen molar-refractivity contribution in [3.05, 3.63) is 58.9 Å². The first-order valence-electron chi connectivity index (χ1n) is 7.58. The van der Waals surface area contributed by atoms with Crippen molar-refractivity contribution in [3.8, 4) is 5.69 Å². The van der Waals surface area contributed by atoms with Crippen molar-refractivity contribution in [2.45, 2.75) is 11.3 Å². The number of nitrogens with one attached hydrogen (secondary N) is 1. The summed E-state index contributed by atoms with van der Waals surface area (Å²) in [5.41, 5.74) is -0.595. The van der Waals surface area contributed by atoms with E-state index in [1.165, 1.54) is 35.0 Å². The van der Waals surface area contributed by atoms with Gasteiger partial charge < -0.3 is 5.32 Å². The summed E-state index contributed by atoms with van der Waals surface area (Å²) in [4.78, 5) is 12.1. The molecule has 6 nitrogen and oxygen atoms in total. The Morgan fingerprint density at radius 3 is 2.57 bits per heavy atom. The molecule has 1 N–H and O–H groups in total. The first-order valence-corrected chi connectivity index (χ1v) is 8.94. The third-order valence-electron chi connectivity index (χ3n) is 3.40. The van der Waals surface area contributed by atoms with Gasteiger partial charge >= 0.3 is 6.18 Å². The van der Waals surface area contributed by atoms with E-state index in [-0.39, 0.29) is 16.6 Å². The summed E-state index contributed by atoms with van der Waals surface area (Å²) in [6.45, 7) is 0. The van der Waals surface area contributed by atoms with Gasteiger partial charge in [0.05, 0.1) is 22.0 Å². The highest BCUT2D eigenvalue weighted by atomic mass is 35.5. The van der Waals surface area contributed by atoms with E-state index in [1.807, 2.05) is 0 Å². The molecule has 0 fully saturated rings. The van der Waals surface area contributed by atoms with Gasteiger partial charge in [0, 0.05) is 5.69 Å². The van der Waals surface area contributed by atoms with Crippen LogP contribution in [-0.4, -0.2) is 31.9 Å².